The van der Waals surface area contributed by atoms with Crippen LogP contribution in [-0.4, -0.2) is 29.2 Å². The fourth-order valence-electron chi connectivity index (χ4n) is 2.11. The Morgan fingerprint density at radius 3 is 2.78 bits per heavy atom. The predicted molar refractivity (Wildman–Crippen MR) is 68.0 cm³/mol. The minimum Gasteiger partial charge on any atom is -0.465 e. The second-order valence-corrected chi connectivity index (χ2v) is 4.82. The van der Waals surface area contributed by atoms with Crippen molar-refractivity contribution in [3.63, 3.8) is 0 Å². The van der Waals surface area contributed by atoms with E-state index < -0.39 is 5.97 Å². The van der Waals surface area contributed by atoms with Crippen molar-refractivity contribution in [3.05, 3.63) is 21.7 Å². The topological polar surface area (TPSA) is 64.2 Å². The van der Waals surface area contributed by atoms with Gasteiger partial charge in [-0.1, -0.05) is 12.2 Å². The molecular weight excluding hydrogens is 252 g/mol. The summed E-state index contributed by atoms with van der Waals surface area (Å²) in [6.45, 7) is 3.82. The molecule has 5 nitrogen and oxygen atoms in total. The van der Waals surface area contributed by atoms with Crippen LogP contribution < -0.4 is 0 Å². The van der Waals surface area contributed by atoms with Crippen LogP contribution in [0.3, 0.4) is 0 Å². The van der Waals surface area contributed by atoms with Gasteiger partial charge in [-0.15, -0.1) is 0 Å². The highest BCUT2D eigenvalue weighted by Gasteiger charge is 2.26. The Labute approximate surface area is 111 Å². The van der Waals surface area contributed by atoms with E-state index in [0.717, 1.165) is 12.8 Å². The molecule has 2 heterocycles. The Morgan fingerprint density at radius 1 is 1.56 bits per heavy atom. The molecule has 1 aromatic rings. The third kappa shape index (κ3) is 2.44. The van der Waals surface area contributed by atoms with E-state index in [-0.39, 0.29) is 16.8 Å². The molecule has 2 unspecified atom stereocenters. The molecule has 0 aliphatic carbocycles. The maximum atomic E-state index is 11.6. The fourth-order valence-corrected chi connectivity index (χ4v) is 2.44. The lowest BCUT2D eigenvalue weighted by molar-refractivity contribution is 0.0496. The number of carbonyl (C=O) groups is 1. The second kappa shape index (κ2) is 5.16. The lowest BCUT2D eigenvalue weighted by Gasteiger charge is -2.13. The lowest BCUT2D eigenvalue weighted by atomic mass is 10.2. The maximum absolute atomic E-state index is 11.6. The van der Waals surface area contributed by atoms with Gasteiger partial charge in [-0.2, -0.15) is 0 Å². The number of aryl methyl sites for hydroxylation is 1. The second-order valence-electron chi connectivity index (χ2n) is 4.43. The molecule has 1 N–H and O–H groups in total. The van der Waals surface area contributed by atoms with Crippen LogP contribution >= 0.6 is 12.2 Å². The number of methoxy groups -OCH3 is 1. The van der Waals surface area contributed by atoms with Crippen molar-refractivity contribution in [3.8, 4) is 0 Å². The molecule has 0 bridgehead atoms. The molecular formula is C12H16N2O3S. The largest absolute Gasteiger partial charge is 0.465 e. The van der Waals surface area contributed by atoms with Gasteiger partial charge in [0.1, 0.15) is 22.1 Å². The summed E-state index contributed by atoms with van der Waals surface area (Å²) in [6.07, 6.45) is 2.09. The van der Waals surface area contributed by atoms with Crippen molar-refractivity contribution < 1.29 is 14.3 Å². The number of esters is 1. The van der Waals surface area contributed by atoms with E-state index in [1.54, 1.807) is 6.92 Å². The van der Waals surface area contributed by atoms with Crippen molar-refractivity contribution in [1.82, 2.24) is 9.97 Å². The summed E-state index contributed by atoms with van der Waals surface area (Å²) in [6, 6.07) is 0. The number of nitrogens with one attached hydrogen (secondary N) is 1. The summed E-state index contributed by atoms with van der Waals surface area (Å²) in [4.78, 5) is 18.9. The molecule has 0 spiro atoms. The van der Waals surface area contributed by atoms with Crippen molar-refractivity contribution in [2.75, 3.05) is 7.11 Å². The van der Waals surface area contributed by atoms with Crippen molar-refractivity contribution >= 4 is 18.2 Å². The SMILES string of the molecule is COC(=O)c1c(C)[nH]c(C2CCC(C)O2)nc1=S. The third-order valence-corrected chi connectivity index (χ3v) is 3.35. The third-order valence-electron chi connectivity index (χ3n) is 3.05. The van der Waals surface area contributed by atoms with Crippen LogP contribution in [0.5, 0.6) is 0 Å². The van der Waals surface area contributed by atoms with Gasteiger partial charge in [-0.3, -0.25) is 0 Å². The van der Waals surface area contributed by atoms with Crippen LogP contribution in [0.1, 0.15) is 47.7 Å². The Balaban J connectivity index is 2.37. The Hall–Kier alpha value is -1.27. The highest BCUT2D eigenvalue weighted by atomic mass is 32.1. The molecule has 1 aliphatic rings. The molecule has 0 aromatic carbocycles. The summed E-state index contributed by atoms with van der Waals surface area (Å²) in [5, 5.41) is 0. The van der Waals surface area contributed by atoms with Crippen molar-refractivity contribution in [2.45, 2.75) is 38.9 Å². The molecule has 0 radical (unpaired) electrons. The number of hydrogen-bond acceptors (Lipinski definition) is 5. The molecule has 18 heavy (non-hydrogen) atoms. The van der Waals surface area contributed by atoms with E-state index in [0.29, 0.717) is 17.1 Å². The lowest BCUT2D eigenvalue weighted by Crippen LogP contribution is -2.12. The zero-order valence-electron chi connectivity index (χ0n) is 10.6. The van der Waals surface area contributed by atoms with Crippen LogP contribution in [0.4, 0.5) is 0 Å². The van der Waals surface area contributed by atoms with Crippen LogP contribution in [0.15, 0.2) is 0 Å². The van der Waals surface area contributed by atoms with Crippen molar-refractivity contribution in [2.24, 2.45) is 0 Å². The van der Waals surface area contributed by atoms with Crippen LogP contribution in [0.25, 0.3) is 0 Å². The number of aromatic nitrogens is 2. The Kier molecular flexibility index (Phi) is 3.77. The van der Waals surface area contributed by atoms with Gasteiger partial charge in [0, 0.05) is 5.69 Å². The summed E-state index contributed by atoms with van der Waals surface area (Å²) >= 11 is 5.15. The Bertz CT molecular complexity index is 527. The van der Waals surface area contributed by atoms with E-state index in [2.05, 4.69) is 14.7 Å². The first-order valence-corrected chi connectivity index (χ1v) is 6.28. The minimum absolute atomic E-state index is 0.0629. The molecule has 1 fully saturated rings. The van der Waals surface area contributed by atoms with Gasteiger partial charge in [0.25, 0.3) is 0 Å². The molecule has 1 aromatic heterocycles. The number of aromatic amines is 1. The molecule has 2 atom stereocenters. The fraction of sp³-hybridized carbons (Fsp3) is 0.583. The maximum Gasteiger partial charge on any atom is 0.342 e. The minimum atomic E-state index is -0.464. The molecule has 6 heteroatoms. The number of nitrogens with zero attached hydrogens (tertiary/aromatic N) is 1. The van der Waals surface area contributed by atoms with E-state index in [1.165, 1.54) is 7.11 Å². The van der Waals surface area contributed by atoms with Gasteiger partial charge in [0.2, 0.25) is 0 Å². The highest BCUT2D eigenvalue weighted by molar-refractivity contribution is 7.71. The first-order chi connectivity index (χ1) is 8.52. The molecule has 98 valence electrons. The highest BCUT2D eigenvalue weighted by Crippen LogP contribution is 2.30. The van der Waals surface area contributed by atoms with Crippen LogP contribution in [-0.2, 0) is 9.47 Å². The molecule has 0 amide bonds. The summed E-state index contributed by atoms with van der Waals surface area (Å²) in [5.41, 5.74) is 0.988. The first kappa shape index (κ1) is 13.2. The van der Waals surface area contributed by atoms with Crippen LogP contribution in [0, 0.1) is 11.6 Å². The predicted octanol–water partition coefficient (Wildman–Crippen LogP) is 2.47. The van der Waals surface area contributed by atoms with Crippen LogP contribution in [0.2, 0.25) is 0 Å². The average molecular weight is 268 g/mol. The van der Waals surface area contributed by atoms with Gasteiger partial charge in [-0.05, 0) is 26.7 Å². The van der Waals surface area contributed by atoms with Gasteiger partial charge >= 0.3 is 5.97 Å². The van der Waals surface area contributed by atoms with E-state index in [4.69, 9.17) is 17.0 Å². The average Bonchev–Trinajstić information content (AvgIpc) is 2.74. The number of H-pyrrole nitrogens is 1. The Morgan fingerprint density at radius 2 is 2.28 bits per heavy atom. The number of hydrogen-bond donors (Lipinski definition) is 1. The first-order valence-electron chi connectivity index (χ1n) is 5.87. The number of rotatable bonds is 2. The molecule has 0 saturated carbocycles. The summed E-state index contributed by atoms with van der Waals surface area (Å²) in [5.74, 6) is 0.225. The van der Waals surface area contributed by atoms with Gasteiger partial charge in [0.05, 0.1) is 13.2 Å². The number of ether oxygens (including phenoxy) is 2. The smallest absolute Gasteiger partial charge is 0.342 e. The molecule has 1 aliphatic heterocycles. The summed E-state index contributed by atoms with van der Waals surface area (Å²) in [7, 11) is 1.33. The standard InChI is InChI=1S/C12H16N2O3S/c1-6-4-5-8(17-6)10-13-7(2)9(11(18)14-10)12(15)16-3/h6,8H,4-5H2,1-3H3,(H,13,14,18). The molecule has 1 saturated heterocycles. The normalized spacial score (nSPS) is 23.1. The zero-order valence-corrected chi connectivity index (χ0v) is 11.5. The van der Waals surface area contributed by atoms with Gasteiger partial charge < -0.3 is 14.5 Å². The van der Waals surface area contributed by atoms with Gasteiger partial charge in [0.15, 0.2) is 0 Å². The van der Waals surface area contributed by atoms with Crippen molar-refractivity contribution in [1.29, 1.82) is 0 Å². The van der Waals surface area contributed by atoms with E-state index in [1.807, 2.05) is 6.92 Å². The summed E-state index contributed by atoms with van der Waals surface area (Å²) < 4.78 is 10.7. The zero-order chi connectivity index (χ0) is 13.3. The van der Waals surface area contributed by atoms with E-state index in [9.17, 15) is 4.79 Å². The monoisotopic (exact) mass is 268 g/mol. The quantitative estimate of drug-likeness (QED) is 0.659. The van der Waals surface area contributed by atoms with Gasteiger partial charge in [-0.25, -0.2) is 9.78 Å². The van der Waals surface area contributed by atoms with E-state index >= 15 is 0 Å². The molecule has 2 rings (SSSR count). The number of carbonyl (C=O) groups excluding carboxylic acids is 1.